The van der Waals surface area contributed by atoms with E-state index in [0.717, 1.165) is 0 Å². The molecule has 3 aliphatic rings. The van der Waals surface area contributed by atoms with E-state index in [4.69, 9.17) is 0 Å². The third-order valence-electron chi connectivity index (χ3n) is 7.07. The van der Waals surface area contributed by atoms with Crippen molar-refractivity contribution in [3.63, 3.8) is 0 Å². The zero-order valence-electron chi connectivity index (χ0n) is 13.6. The molecule has 6 N–H and O–H groups in total. The lowest BCUT2D eigenvalue weighted by atomic mass is 9.51. The maximum atomic E-state index is 11.4. The van der Waals surface area contributed by atoms with Gasteiger partial charge < -0.3 is 30.6 Å². The standard InChI is InChI=1S/C18H24O6/c1-17-4-2-8-9-6-11(19)12(20)7-10(9)15(22)16(23)14(8)18(17,24)5-3-13(17)21/h6-8,13-16,19-24H,2-5H2,1H3/t8-,13-,14+,15-,16-,17-,18+/m1/s1. The van der Waals surface area contributed by atoms with Gasteiger partial charge in [0.2, 0.25) is 0 Å². The van der Waals surface area contributed by atoms with Gasteiger partial charge in [-0.2, -0.15) is 0 Å². The van der Waals surface area contributed by atoms with Crippen molar-refractivity contribution in [3.05, 3.63) is 23.3 Å². The van der Waals surface area contributed by atoms with E-state index < -0.39 is 35.2 Å². The Labute approximate surface area is 140 Å². The van der Waals surface area contributed by atoms with Crippen LogP contribution in [-0.2, 0) is 0 Å². The molecule has 0 aromatic heterocycles. The summed E-state index contributed by atoms with van der Waals surface area (Å²) in [7, 11) is 0. The van der Waals surface area contributed by atoms with E-state index in [0.29, 0.717) is 36.8 Å². The number of aliphatic hydroxyl groups is 4. The number of aromatic hydroxyl groups is 2. The Morgan fingerprint density at radius 2 is 1.58 bits per heavy atom. The number of fused-ring (bicyclic) bond motifs is 5. The highest BCUT2D eigenvalue weighted by Gasteiger charge is 2.66. The van der Waals surface area contributed by atoms with E-state index in [9.17, 15) is 30.6 Å². The summed E-state index contributed by atoms with van der Waals surface area (Å²) in [5, 5.41) is 62.7. The molecule has 0 saturated heterocycles. The van der Waals surface area contributed by atoms with Gasteiger partial charge in [0, 0.05) is 11.3 Å². The molecule has 24 heavy (non-hydrogen) atoms. The zero-order valence-corrected chi connectivity index (χ0v) is 13.6. The fourth-order valence-corrected chi connectivity index (χ4v) is 5.58. The van der Waals surface area contributed by atoms with Gasteiger partial charge in [-0.05, 0) is 54.9 Å². The number of phenols is 2. The Morgan fingerprint density at radius 1 is 0.958 bits per heavy atom. The normalized spacial score (nSPS) is 47.0. The second-order valence-electron chi connectivity index (χ2n) is 7.97. The van der Waals surface area contributed by atoms with Crippen LogP contribution in [-0.4, -0.2) is 48.4 Å². The summed E-state index contributed by atoms with van der Waals surface area (Å²) in [5.41, 5.74) is -0.943. The van der Waals surface area contributed by atoms with Crippen LogP contribution in [0.3, 0.4) is 0 Å². The van der Waals surface area contributed by atoms with E-state index in [1.54, 1.807) is 0 Å². The predicted octanol–water partition coefficient (Wildman–Crippen LogP) is 0.891. The van der Waals surface area contributed by atoms with Crippen molar-refractivity contribution in [2.75, 3.05) is 0 Å². The van der Waals surface area contributed by atoms with E-state index in [2.05, 4.69) is 0 Å². The van der Waals surface area contributed by atoms with E-state index in [1.807, 2.05) is 6.92 Å². The highest BCUT2D eigenvalue weighted by atomic mass is 16.3. The van der Waals surface area contributed by atoms with Crippen LogP contribution in [0.5, 0.6) is 11.5 Å². The number of phenolic OH excluding ortho intramolecular Hbond substituents is 2. The van der Waals surface area contributed by atoms with Gasteiger partial charge >= 0.3 is 0 Å². The molecule has 0 bridgehead atoms. The molecule has 6 heteroatoms. The van der Waals surface area contributed by atoms with Crippen molar-refractivity contribution in [3.8, 4) is 11.5 Å². The summed E-state index contributed by atoms with van der Waals surface area (Å²) in [6.07, 6.45) is -1.03. The molecule has 0 spiro atoms. The van der Waals surface area contributed by atoms with Crippen LogP contribution in [0.4, 0.5) is 0 Å². The highest BCUT2D eigenvalue weighted by Crippen LogP contribution is 2.64. The van der Waals surface area contributed by atoms with Crippen molar-refractivity contribution in [1.82, 2.24) is 0 Å². The molecule has 4 rings (SSSR count). The molecule has 0 aliphatic heterocycles. The van der Waals surface area contributed by atoms with Gasteiger partial charge in [-0.25, -0.2) is 0 Å². The summed E-state index contributed by atoms with van der Waals surface area (Å²) < 4.78 is 0. The molecule has 1 aromatic rings. The minimum absolute atomic E-state index is 0.242. The van der Waals surface area contributed by atoms with Crippen LogP contribution in [0.25, 0.3) is 0 Å². The lowest BCUT2D eigenvalue weighted by Gasteiger charge is -2.57. The van der Waals surface area contributed by atoms with Crippen LogP contribution in [0, 0.1) is 11.3 Å². The van der Waals surface area contributed by atoms with Crippen LogP contribution in [0.15, 0.2) is 12.1 Å². The topological polar surface area (TPSA) is 121 Å². The summed E-state index contributed by atoms with van der Waals surface area (Å²) in [4.78, 5) is 0. The van der Waals surface area contributed by atoms with Crippen molar-refractivity contribution >= 4 is 0 Å². The van der Waals surface area contributed by atoms with Crippen LogP contribution in [0.2, 0.25) is 0 Å². The maximum Gasteiger partial charge on any atom is 0.157 e. The molecule has 132 valence electrons. The van der Waals surface area contributed by atoms with Gasteiger partial charge in [0.1, 0.15) is 6.10 Å². The van der Waals surface area contributed by atoms with Gasteiger partial charge in [-0.3, -0.25) is 0 Å². The van der Waals surface area contributed by atoms with E-state index in [1.165, 1.54) is 12.1 Å². The molecule has 6 nitrogen and oxygen atoms in total. The van der Waals surface area contributed by atoms with Gasteiger partial charge in [0.15, 0.2) is 11.5 Å². The minimum Gasteiger partial charge on any atom is -0.504 e. The Bertz CT molecular complexity index is 690. The van der Waals surface area contributed by atoms with Crippen molar-refractivity contribution in [2.24, 2.45) is 11.3 Å². The van der Waals surface area contributed by atoms with Gasteiger partial charge in [0.25, 0.3) is 0 Å². The number of aliphatic hydroxyl groups excluding tert-OH is 3. The van der Waals surface area contributed by atoms with Gasteiger partial charge in [-0.15, -0.1) is 0 Å². The summed E-state index contributed by atoms with van der Waals surface area (Å²) in [6, 6.07) is 2.71. The Morgan fingerprint density at radius 3 is 2.25 bits per heavy atom. The molecule has 0 amide bonds. The largest absolute Gasteiger partial charge is 0.504 e. The van der Waals surface area contributed by atoms with Crippen molar-refractivity contribution in [1.29, 1.82) is 0 Å². The Kier molecular flexibility index (Phi) is 3.26. The lowest BCUT2D eigenvalue weighted by molar-refractivity contribution is -0.204. The molecule has 0 heterocycles. The monoisotopic (exact) mass is 336 g/mol. The number of rotatable bonds is 0. The smallest absolute Gasteiger partial charge is 0.157 e. The second-order valence-corrected chi connectivity index (χ2v) is 7.97. The first-order chi connectivity index (χ1) is 11.2. The average Bonchev–Trinajstić information content (AvgIpc) is 2.78. The molecule has 7 atom stereocenters. The van der Waals surface area contributed by atoms with Crippen molar-refractivity contribution < 1.29 is 30.6 Å². The van der Waals surface area contributed by atoms with Gasteiger partial charge in [-0.1, -0.05) is 6.92 Å². The number of benzene rings is 1. The fourth-order valence-electron chi connectivity index (χ4n) is 5.58. The number of hydrogen-bond donors (Lipinski definition) is 6. The maximum absolute atomic E-state index is 11.4. The van der Waals surface area contributed by atoms with E-state index in [-0.39, 0.29) is 17.4 Å². The molecule has 0 radical (unpaired) electrons. The molecule has 2 fully saturated rings. The van der Waals surface area contributed by atoms with Crippen LogP contribution >= 0.6 is 0 Å². The first-order valence-electron chi connectivity index (χ1n) is 8.53. The van der Waals surface area contributed by atoms with Crippen LogP contribution < -0.4 is 0 Å². The minimum atomic E-state index is -1.28. The number of hydrogen-bond acceptors (Lipinski definition) is 6. The van der Waals surface area contributed by atoms with Crippen molar-refractivity contribution in [2.45, 2.75) is 62.4 Å². The first-order valence-corrected chi connectivity index (χ1v) is 8.53. The zero-order chi connectivity index (χ0) is 17.4. The first kappa shape index (κ1) is 16.1. The second kappa shape index (κ2) is 4.85. The summed E-state index contributed by atoms with van der Waals surface area (Å²) in [6.45, 7) is 1.85. The molecule has 3 aliphatic carbocycles. The SMILES string of the molecule is C[C@]12CC[C@@H]3c4cc(O)c(O)cc4[C@@H](O)[C@H](O)[C@H]3[C@@]1(O)CC[C@H]2O. The van der Waals surface area contributed by atoms with Crippen LogP contribution in [0.1, 0.15) is 55.8 Å². The molecule has 1 aromatic carbocycles. The average molecular weight is 336 g/mol. The fraction of sp³-hybridized carbons (Fsp3) is 0.667. The third-order valence-corrected chi connectivity index (χ3v) is 7.07. The molecular formula is C18H24O6. The summed E-state index contributed by atoms with van der Waals surface area (Å²) in [5.74, 6) is -1.48. The van der Waals surface area contributed by atoms with E-state index >= 15 is 0 Å². The highest BCUT2D eigenvalue weighted by molar-refractivity contribution is 5.50. The molecular weight excluding hydrogens is 312 g/mol. The molecule has 0 unspecified atom stereocenters. The summed E-state index contributed by atoms with van der Waals surface area (Å²) >= 11 is 0. The lowest BCUT2D eigenvalue weighted by Crippen LogP contribution is -2.62. The Hall–Kier alpha value is -1.34. The quantitative estimate of drug-likeness (QED) is 0.391. The predicted molar refractivity (Wildman–Crippen MR) is 84.5 cm³/mol. The molecule has 2 saturated carbocycles. The third kappa shape index (κ3) is 1.74. The van der Waals surface area contributed by atoms with Gasteiger partial charge in [0.05, 0.1) is 17.8 Å². The Balaban J connectivity index is 1.87.